The zero-order valence-corrected chi connectivity index (χ0v) is 14.8. The highest BCUT2D eigenvalue weighted by molar-refractivity contribution is 7.99. The van der Waals surface area contributed by atoms with Gasteiger partial charge in [0.15, 0.2) is 0 Å². The van der Waals surface area contributed by atoms with Gasteiger partial charge in [-0.3, -0.25) is 9.69 Å². The van der Waals surface area contributed by atoms with Gasteiger partial charge in [0.1, 0.15) is 0 Å². The molecule has 2 rings (SSSR count). The third-order valence-electron chi connectivity index (χ3n) is 4.14. The lowest BCUT2D eigenvalue weighted by Crippen LogP contribution is -2.38. The van der Waals surface area contributed by atoms with Crippen molar-refractivity contribution < 1.29 is 4.79 Å². The molecule has 0 saturated carbocycles. The van der Waals surface area contributed by atoms with E-state index in [1.807, 2.05) is 6.26 Å². The van der Waals surface area contributed by atoms with Crippen molar-refractivity contribution in [3.05, 3.63) is 35.4 Å². The molecule has 0 aromatic heterocycles. The highest BCUT2D eigenvalue weighted by atomic mass is 32.2. The first kappa shape index (κ1) is 17.4. The molecule has 0 spiro atoms. The van der Waals surface area contributed by atoms with Crippen LogP contribution in [0.5, 0.6) is 0 Å². The number of amides is 1. The molecule has 2 atom stereocenters. The molecule has 22 heavy (non-hydrogen) atoms. The lowest BCUT2D eigenvalue weighted by Gasteiger charge is -2.35. The van der Waals surface area contributed by atoms with Crippen LogP contribution in [-0.4, -0.2) is 35.9 Å². The van der Waals surface area contributed by atoms with Gasteiger partial charge in [-0.15, -0.1) is 0 Å². The zero-order valence-electron chi connectivity index (χ0n) is 14.0. The first-order valence-corrected chi connectivity index (χ1v) is 9.52. The molecule has 3 nitrogen and oxygen atoms in total. The Morgan fingerprint density at radius 3 is 2.36 bits per heavy atom. The van der Waals surface area contributed by atoms with E-state index in [0.29, 0.717) is 12.3 Å². The second-order valence-electron chi connectivity index (χ2n) is 6.67. The summed E-state index contributed by atoms with van der Waals surface area (Å²) in [7, 11) is 0. The quantitative estimate of drug-likeness (QED) is 0.874. The third-order valence-corrected chi connectivity index (χ3v) is 4.69. The third kappa shape index (κ3) is 5.65. The highest BCUT2D eigenvalue weighted by Crippen LogP contribution is 2.22. The number of likely N-dealkylation sites (tertiary alicyclic amines) is 1. The number of thioether (sulfide) groups is 1. The predicted molar refractivity (Wildman–Crippen MR) is 94.9 cm³/mol. The van der Waals surface area contributed by atoms with Crippen molar-refractivity contribution in [2.75, 3.05) is 25.1 Å². The molecule has 1 aliphatic rings. The largest absolute Gasteiger partial charge is 0.351 e. The average molecular weight is 321 g/mol. The van der Waals surface area contributed by atoms with Crippen molar-refractivity contribution in [1.82, 2.24) is 10.2 Å². The lowest BCUT2D eigenvalue weighted by atomic mass is 9.91. The first-order valence-electron chi connectivity index (χ1n) is 8.12. The van der Waals surface area contributed by atoms with Gasteiger partial charge in [-0.25, -0.2) is 0 Å². The predicted octanol–water partition coefficient (Wildman–Crippen LogP) is 3.14. The fourth-order valence-corrected chi connectivity index (χ4v) is 3.69. The minimum Gasteiger partial charge on any atom is -0.351 e. The molecule has 1 amide bonds. The summed E-state index contributed by atoms with van der Waals surface area (Å²) in [6.07, 6.45) is 3.29. The molecule has 1 saturated heterocycles. The van der Waals surface area contributed by atoms with Crippen molar-refractivity contribution in [3.8, 4) is 0 Å². The summed E-state index contributed by atoms with van der Waals surface area (Å²) >= 11 is 1.55. The summed E-state index contributed by atoms with van der Waals surface area (Å²) in [6.45, 7) is 8.77. The van der Waals surface area contributed by atoms with Gasteiger partial charge in [0.05, 0.1) is 5.75 Å². The number of hydrogen-bond donors (Lipinski definition) is 1. The number of nitrogens with zero attached hydrogens (tertiary/aromatic N) is 1. The molecular weight excluding hydrogens is 292 g/mol. The number of hydrogen-bond acceptors (Lipinski definition) is 3. The van der Waals surface area contributed by atoms with Crippen molar-refractivity contribution in [1.29, 1.82) is 0 Å². The molecule has 1 aromatic carbocycles. The summed E-state index contributed by atoms with van der Waals surface area (Å²) in [4.78, 5) is 14.0. The fourth-order valence-electron chi connectivity index (χ4n) is 3.32. The van der Waals surface area contributed by atoms with Crippen molar-refractivity contribution in [2.45, 2.75) is 33.4 Å². The number of nitrogens with one attached hydrogen (secondary N) is 1. The molecule has 122 valence electrons. The van der Waals surface area contributed by atoms with Gasteiger partial charge in [0, 0.05) is 26.2 Å². The maximum absolute atomic E-state index is 11.5. The second kappa shape index (κ2) is 8.59. The zero-order chi connectivity index (χ0) is 15.9. The van der Waals surface area contributed by atoms with E-state index in [1.54, 1.807) is 11.8 Å². The number of piperidine rings is 1. The minimum absolute atomic E-state index is 0.105. The number of rotatable bonds is 6. The standard InChI is InChI=1S/C18H28N2OS/c1-14-8-15(2)11-20(10-14)12-17-6-4-16(5-7-17)9-19-18(21)13-22-3/h4-7,14-15H,8-13H2,1-3H3,(H,19,21)/t14-,15-/m1/s1. The van der Waals surface area contributed by atoms with Crippen LogP contribution in [0.1, 0.15) is 31.4 Å². The van der Waals surface area contributed by atoms with Crippen LogP contribution >= 0.6 is 11.8 Å². The van der Waals surface area contributed by atoms with E-state index in [4.69, 9.17) is 0 Å². The fraction of sp³-hybridized carbons (Fsp3) is 0.611. The van der Waals surface area contributed by atoms with E-state index in [9.17, 15) is 4.79 Å². The molecule has 4 heteroatoms. The topological polar surface area (TPSA) is 32.3 Å². The lowest BCUT2D eigenvalue weighted by molar-refractivity contribution is -0.118. The molecule has 0 bridgehead atoms. The van der Waals surface area contributed by atoms with E-state index in [-0.39, 0.29) is 5.91 Å². The van der Waals surface area contributed by atoms with E-state index in [2.05, 4.69) is 48.3 Å². The van der Waals surface area contributed by atoms with E-state index < -0.39 is 0 Å². The van der Waals surface area contributed by atoms with E-state index in [1.165, 1.54) is 30.6 Å². The van der Waals surface area contributed by atoms with Gasteiger partial charge >= 0.3 is 0 Å². The molecule has 0 unspecified atom stereocenters. The van der Waals surface area contributed by atoms with Crippen molar-refractivity contribution in [2.24, 2.45) is 11.8 Å². The van der Waals surface area contributed by atoms with Crippen LogP contribution in [-0.2, 0) is 17.9 Å². The Labute approximate surface area is 138 Å². The maximum Gasteiger partial charge on any atom is 0.230 e. The Balaban J connectivity index is 1.82. The molecule has 1 N–H and O–H groups in total. The smallest absolute Gasteiger partial charge is 0.230 e. The van der Waals surface area contributed by atoms with Gasteiger partial charge in [0.25, 0.3) is 0 Å². The second-order valence-corrected chi connectivity index (χ2v) is 7.53. The highest BCUT2D eigenvalue weighted by Gasteiger charge is 2.21. The molecule has 0 radical (unpaired) electrons. The number of benzene rings is 1. The van der Waals surface area contributed by atoms with Gasteiger partial charge < -0.3 is 5.32 Å². The average Bonchev–Trinajstić information content (AvgIpc) is 2.46. The van der Waals surface area contributed by atoms with Crippen LogP contribution in [0.25, 0.3) is 0 Å². The number of carbonyl (C=O) groups is 1. The van der Waals surface area contributed by atoms with E-state index in [0.717, 1.165) is 18.4 Å². The van der Waals surface area contributed by atoms with Crippen LogP contribution in [0, 0.1) is 11.8 Å². The van der Waals surface area contributed by atoms with Crippen molar-refractivity contribution >= 4 is 17.7 Å². The Morgan fingerprint density at radius 1 is 1.18 bits per heavy atom. The van der Waals surface area contributed by atoms with Crippen LogP contribution in [0.4, 0.5) is 0 Å². The summed E-state index contributed by atoms with van der Waals surface area (Å²) in [5.41, 5.74) is 2.53. The van der Waals surface area contributed by atoms with Crippen molar-refractivity contribution in [3.63, 3.8) is 0 Å². The summed E-state index contributed by atoms with van der Waals surface area (Å²) in [5.74, 6) is 2.24. The van der Waals surface area contributed by atoms with Gasteiger partial charge in [0.2, 0.25) is 5.91 Å². The van der Waals surface area contributed by atoms with Gasteiger partial charge in [-0.1, -0.05) is 38.1 Å². The monoisotopic (exact) mass is 320 g/mol. The summed E-state index contributed by atoms with van der Waals surface area (Å²) in [6, 6.07) is 8.65. The van der Waals surface area contributed by atoms with E-state index >= 15 is 0 Å². The Hall–Kier alpha value is -1.00. The Kier molecular flexibility index (Phi) is 6.77. The Bertz CT molecular complexity index is 464. The van der Waals surface area contributed by atoms with Crippen LogP contribution in [0.15, 0.2) is 24.3 Å². The van der Waals surface area contributed by atoms with Crippen LogP contribution < -0.4 is 5.32 Å². The molecule has 1 aromatic rings. The maximum atomic E-state index is 11.5. The summed E-state index contributed by atoms with van der Waals surface area (Å²) in [5, 5.41) is 2.94. The molecule has 0 aliphatic carbocycles. The van der Waals surface area contributed by atoms with Crippen LogP contribution in [0.2, 0.25) is 0 Å². The molecule has 1 fully saturated rings. The van der Waals surface area contributed by atoms with Gasteiger partial charge in [-0.2, -0.15) is 11.8 Å². The SMILES string of the molecule is CSCC(=O)NCc1ccc(CN2C[C@H](C)C[C@@H](C)C2)cc1. The summed E-state index contributed by atoms with van der Waals surface area (Å²) < 4.78 is 0. The van der Waals surface area contributed by atoms with Crippen LogP contribution in [0.3, 0.4) is 0 Å². The minimum atomic E-state index is 0.105. The molecular formula is C18H28N2OS. The Morgan fingerprint density at radius 2 is 1.77 bits per heavy atom. The molecule has 1 aliphatic heterocycles. The first-order chi connectivity index (χ1) is 10.6. The van der Waals surface area contributed by atoms with Gasteiger partial charge in [-0.05, 0) is 35.6 Å². The normalized spacial score (nSPS) is 22.5. The number of carbonyl (C=O) groups excluding carboxylic acids is 1. The molecule has 1 heterocycles.